The smallest absolute Gasteiger partial charge is 0.306 e. The van der Waals surface area contributed by atoms with Gasteiger partial charge in [-0.1, -0.05) is 398 Å². The van der Waals surface area contributed by atoms with Crippen LogP contribution in [0.25, 0.3) is 0 Å². The molecule has 0 aliphatic rings. The van der Waals surface area contributed by atoms with Gasteiger partial charge in [-0.05, 0) is 38.5 Å². The van der Waals surface area contributed by atoms with Gasteiger partial charge in [-0.15, -0.1) is 0 Å². The Kier molecular flexibility index (Phi) is 71.0. The number of phosphoric acid groups is 1. The molecule has 0 rings (SSSR count). The van der Waals surface area contributed by atoms with Crippen LogP contribution >= 0.6 is 7.82 Å². The van der Waals surface area contributed by atoms with Gasteiger partial charge in [0.1, 0.15) is 19.8 Å². The van der Waals surface area contributed by atoms with E-state index >= 15 is 0 Å². The van der Waals surface area contributed by atoms with Crippen LogP contribution in [0.2, 0.25) is 0 Å². The summed E-state index contributed by atoms with van der Waals surface area (Å²) in [5.74, 6) is -0.802. The molecule has 9 nitrogen and oxygen atoms in total. The minimum Gasteiger partial charge on any atom is -0.756 e. The zero-order valence-electron chi connectivity index (χ0n) is 61.4. The fourth-order valence-corrected chi connectivity index (χ4v) is 13.3. The first kappa shape index (κ1) is 88.8. The van der Waals surface area contributed by atoms with Gasteiger partial charge in [-0.2, -0.15) is 0 Å². The summed E-state index contributed by atoms with van der Waals surface area (Å²) < 4.78 is 34.4. The number of hydrogen-bond acceptors (Lipinski definition) is 8. The summed E-state index contributed by atoms with van der Waals surface area (Å²) in [4.78, 5) is 38.1. The number of carbonyl (C=O) groups excluding carboxylic acids is 2. The molecule has 10 heteroatoms. The van der Waals surface area contributed by atoms with Crippen LogP contribution in [0.5, 0.6) is 0 Å². The fraction of sp³-hybridized carbons (Fsp3) is 0.950. The van der Waals surface area contributed by atoms with E-state index in [1.165, 1.54) is 372 Å². The van der Waals surface area contributed by atoms with E-state index in [0.717, 1.165) is 32.1 Å². The topological polar surface area (TPSA) is 111 Å². The molecule has 0 amide bonds. The second-order valence-corrected chi connectivity index (χ2v) is 30.6. The van der Waals surface area contributed by atoms with Crippen molar-refractivity contribution in [3.8, 4) is 0 Å². The monoisotopic (exact) mass is 1290 g/mol. The van der Waals surface area contributed by atoms with Crippen molar-refractivity contribution in [1.29, 1.82) is 0 Å². The standard InChI is InChI=1S/C80H158NO8P/c1-6-8-10-12-14-16-18-20-22-24-26-28-30-32-33-34-35-36-37-38-39-40-41-42-43-44-45-46-47-49-51-53-55-57-59-61-63-65-67-69-71-73-80(83)89-78(77-88-90(84,85)87-75-74-81(3,4)5)76-86-79(82)72-70-68-66-64-62-60-58-56-54-52-50-48-31-29-27-25-23-21-19-17-15-13-11-9-7-2/h24,26,78H,6-23,25,27-77H2,1-5H3/b26-24-. The molecule has 536 valence electrons. The average Bonchev–Trinajstić information content (AvgIpc) is 3.62. The highest BCUT2D eigenvalue weighted by atomic mass is 31.2. The molecule has 0 saturated carbocycles. The molecule has 2 atom stereocenters. The zero-order chi connectivity index (χ0) is 65.5. The lowest BCUT2D eigenvalue weighted by Gasteiger charge is -2.28. The van der Waals surface area contributed by atoms with Crippen molar-refractivity contribution in [3.05, 3.63) is 12.2 Å². The second kappa shape index (κ2) is 72.0. The fourth-order valence-electron chi connectivity index (χ4n) is 12.6. The third-order valence-electron chi connectivity index (χ3n) is 18.8. The van der Waals surface area contributed by atoms with E-state index in [-0.39, 0.29) is 32.0 Å². The Balaban J connectivity index is 3.85. The molecule has 0 aromatic rings. The highest BCUT2D eigenvalue weighted by molar-refractivity contribution is 7.45. The Morgan fingerprint density at radius 3 is 0.822 bits per heavy atom. The molecule has 0 bridgehead atoms. The summed E-state index contributed by atoms with van der Waals surface area (Å²) in [5, 5.41) is 0. The lowest BCUT2D eigenvalue weighted by atomic mass is 10.0. The Morgan fingerprint density at radius 1 is 0.333 bits per heavy atom. The van der Waals surface area contributed by atoms with Crippen LogP contribution in [0, 0.1) is 0 Å². The van der Waals surface area contributed by atoms with Gasteiger partial charge in [0.25, 0.3) is 7.82 Å². The van der Waals surface area contributed by atoms with Gasteiger partial charge in [-0.25, -0.2) is 0 Å². The van der Waals surface area contributed by atoms with E-state index in [1.807, 2.05) is 21.1 Å². The predicted molar refractivity (Wildman–Crippen MR) is 388 cm³/mol. The maximum atomic E-state index is 12.9. The molecule has 0 aromatic heterocycles. The summed E-state index contributed by atoms with van der Waals surface area (Å²) in [6.45, 7) is 4.34. The molecule has 0 saturated heterocycles. The number of unbranched alkanes of at least 4 members (excludes halogenated alkanes) is 61. The molecular weight excluding hydrogens is 1130 g/mol. The highest BCUT2D eigenvalue weighted by Crippen LogP contribution is 2.38. The number of esters is 2. The van der Waals surface area contributed by atoms with Gasteiger partial charge in [-0.3, -0.25) is 14.2 Å². The summed E-state index contributed by atoms with van der Waals surface area (Å²) in [5.41, 5.74) is 0. The van der Waals surface area contributed by atoms with E-state index in [2.05, 4.69) is 26.0 Å². The van der Waals surface area contributed by atoms with Crippen molar-refractivity contribution in [2.75, 3.05) is 47.5 Å². The van der Waals surface area contributed by atoms with Crippen LogP contribution < -0.4 is 4.89 Å². The quantitative estimate of drug-likeness (QED) is 0.0195. The number of likely N-dealkylation sites (N-methyl/N-ethyl adjacent to an activating group) is 1. The van der Waals surface area contributed by atoms with Crippen molar-refractivity contribution in [2.45, 2.75) is 444 Å². The van der Waals surface area contributed by atoms with Crippen molar-refractivity contribution in [2.24, 2.45) is 0 Å². The minimum atomic E-state index is -4.64. The first-order valence-electron chi connectivity index (χ1n) is 40.4. The van der Waals surface area contributed by atoms with Gasteiger partial charge in [0.05, 0.1) is 27.7 Å². The number of allylic oxidation sites excluding steroid dienone is 2. The molecule has 0 spiro atoms. The molecule has 0 aromatic carbocycles. The van der Waals surface area contributed by atoms with Gasteiger partial charge >= 0.3 is 11.9 Å². The maximum Gasteiger partial charge on any atom is 0.306 e. The highest BCUT2D eigenvalue weighted by Gasteiger charge is 2.22. The SMILES string of the molecule is CCCCCCCCCC/C=C\CCCCCCCCCCCCCCCCCCCCCCCCCCCCCCCC(=O)OC(COC(=O)CCCCCCCCCCCCCCCCCCCCCCCCCCC)COP(=O)([O-])OCC[N+](C)(C)C. The molecule has 0 radical (unpaired) electrons. The van der Waals surface area contributed by atoms with E-state index < -0.39 is 26.5 Å². The molecule has 0 fully saturated rings. The Morgan fingerprint density at radius 2 is 0.567 bits per heavy atom. The number of phosphoric ester groups is 1. The van der Waals surface area contributed by atoms with Crippen LogP contribution in [-0.4, -0.2) is 70.0 Å². The van der Waals surface area contributed by atoms with E-state index in [9.17, 15) is 19.0 Å². The van der Waals surface area contributed by atoms with Crippen LogP contribution in [-0.2, 0) is 32.7 Å². The summed E-state index contributed by atoms with van der Waals surface area (Å²) in [6.07, 6.45) is 90.7. The summed E-state index contributed by atoms with van der Waals surface area (Å²) >= 11 is 0. The number of rotatable bonds is 77. The van der Waals surface area contributed by atoms with E-state index in [1.54, 1.807) is 0 Å². The molecule has 2 unspecified atom stereocenters. The Bertz CT molecular complexity index is 1520. The number of carbonyl (C=O) groups is 2. The molecule has 0 aliphatic carbocycles. The van der Waals surface area contributed by atoms with Crippen molar-refractivity contribution in [1.82, 2.24) is 0 Å². The average molecular weight is 1290 g/mol. The van der Waals surface area contributed by atoms with Crippen LogP contribution in [0.15, 0.2) is 12.2 Å². The first-order valence-corrected chi connectivity index (χ1v) is 41.9. The van der Waals surface area contributed by atoms with Gasteiger partial charge in [0.15, 0.2) is 6.10 Å². The maximum absolute atomic E-state index is 12.9. The predicted octanol–water partition coefficient (Wildman–Crippen LogP) is 26.0. The van der Waals surface area contributed by atoms with E-state index in [0.29, 0.717) is 17.4 Å². The zero-order valence-corrected chi connectivity index (χ0v) is 62.3. The summed E-state index contributed by atoms with van der Waals surface area (Å²) in [7, 11) is 1.20. The molecule has 0 heterocycles. The first-order chi connectivity index (χ1) is 44.0. The van der Waals surface area contributed by atoms with Gasteiger partial charge < -0.3 is 27.9 Å². The van der Waals surface area contributed by atoms with Gasteiger partial charge in [0.2, 0.25) is 0 Å². The third-order valence-corrected chi connectivity index (χ3v) is 19.7. The molecular formula is C80H158NO8P. The number of quaternary nitrogens is 1. The van der Waals surface area contributed by atoms with Crippen LogP contribution in [0.1, 0.15) is 438 Å². The van der Waals surface area contributed by atoms with E-state index in [4.69, 9.17) is 18.5 Å². The normalized spacial score (nSPS) is 13.0. The van der Waals surface area contributed by atoms with Crippen molar-refractivity contribution in [3.63, 3.8) is 0 Å². The van der Waals surface area contributed by atoms with Gasteiger partial charge in [0, 0.05) is 12.8 Å². The number of ether oxygens (including phenoxy) is 2. The molecule has 0 aliphatic heterocycles. The largest absolute Gasteiger partial charge is 0.756 e. The lowest BCUT2D eigenvalue weighted by molar-refractivity contribution is -0.870. The van der Waals surface area contributed by atoms with Crippen molar-refractivity contribution < 1.29 is 42.1 Å². The molecule has 90 heavy (non-hydrogen) atoms. The van der Waals surface area contributed by atoms with Crippen LogP contribution in [0.3, 0.4) is 0 Å². The number of nitrogens with zero attached hydrogens (tertiary/aromatic N) is 1. The third kappa shape index (κ3) is 75.8. The van der Waals surface area contributed by atoms with Crippen LogP contribution in [0.4, 0.5) is 0 Å². The van der Waals surface area contributed by atoms with Crippen molar-refractivity contribution >= 4 is 19.8 Å². The second-order valence-electron chi connectivity index (χ2n) is 29.1. The number of hydrogen-bond donors (Lipinski definition) is 0. The molecule has 0 N–H and O–H groups in total. The minimum absolute atomic E-state index is 0.0253. The summed E-state index contributed by atoms with van der Waals surface area (Å²) in [6, 6.07) is 0. The Hall–Kier alpha value is -1.25. The Labute approximate surface area is 562 Å². The lowest BCUT2D eigenvalue weighted by Crippen LogP contribution is -2.37.